The Hall–Kier alpha value is -1.21. The zero-order valence-electron chi connectivity index (χ0n) is 8.58. The summed E-state index contributed by atoms with van der Waals surface area (Å²) in [6.45, 7) is -0.248. The highest BCUT2D eigenvalue weighted by molar-refractivity contribution is 9.10. The van der Waals surface area contributed by atoms with Crippen molar-refractivity contribution in [3.8, 4) is 0 Å². The van der Waals surface area contributed by atoms with Gasteiger partial charge in [-0.05, 0) is 12.1 Å². The summed E-state index contributed by atoms with van der Waals surface area (Å²) < 4.78 is 26.8. The van der Waals surface area contributed by atoms with Crippen LogP contribution in [0.5, 0.6) is 0 Å². The fraction of sp³-hybridized carbons (Fsp3) is 0.300. The summed E-state index contributed by atoms with van der Waals surface area (Å²) in [4.78, 5) is 10.3. The van der Waals surface area contributed by atoms with Crippen LogP contribution >= 0.6 is 15.9 Å². The summed E-state index contributed by atoms with van der Waals surface area (Å²) in [6, 6.07) is 2.13. The van der Waals surface area contributed by atoms with Gasteiger partial charge in [0.2, 0.25) is 0 Å². The Bertz CT molecular complexity index is 405. The molecule has 94 valence electrons. The first kappa shape index (κ1) is 13.9. The van der Waals surface area contributed by atoms with Crippen LogP contribution in [-0.2, 0) is 4.79 Å². The summed E-state index contributed by atoms with van der Waals surface area (Å²) in [5.41, 5.74) is -0.391. The number of halogens is 3. The first-order valence-electron chi connectivity index (χ1n) is 4.68. The minimum Gasteiger partial charge on any atom is -0.481 e. The molecule has 0 heterocycles. The molecule has 0 fully saturated rings. The molecule has 7 heteroatoms. The summed E-state index contributed by atoms with van der Waals surface area (Å²) in [5, 5.41) is 19.9. The zero-order valence-corrected chi connectivity index (χ0v) is 10.2. The van der Waals surface area contributed by atoms with Crippen molar-refractivity contribution in [3.05, 3.63) is 28.2 Å². The molecule has 1 rings (SSSR count). The van der Waals surface area contributed by atoms with Crippen LogP contribution in [0.1, 0.15) is 6.42 Å². The van der Waals surface area contributed by atoms with E-state index in [-0.39, 0.29) is 11.0 Å². The van der Waals surface area contributed by atoms with Crippen LogP contribution in [-0.4, -0.2) is 28.8 Å². The van der Waals surface area contributed by atoms with Gasteiger partial charge in [-0.2, -0.15) is 0 Å². The van der Waals surface area contributed by atoms with E-state index in [1.807, 2.05) is 0 Å². The average molecular weight is 310 g/mol. The molecule has 1 unspecified atom stereocenters. The van der Waals surface area contributed by atoms with Crippen LogP contribution in [0.15, 0.2) is 16.6 Å². The number of aliphatic carboxylic acids is 1. The van der Waals surface area contributed by atoms with Gasteiger partial charge in [-0.25, -0.2) is 8.78 Å². The number of carbonyl (C=O) groups is 1. The van der Waals surface area contributed by atoms with E-state index in [2.05, 4.69) is 21.2 Å². The van der Waals surface area contributed by atoms with E-state index in [0.717, 1.165) is 12.1 Å². The van der Waals surface area contributed by atoms with E-state index in [1.165, 1.54) is 0 Å². The lowest BCUT2D eigenvalue weighted by molar-refractivity contribution is -0.138. The second-order valence-electron chi connectivity index (χ2n) is 3.38. The summed E-state index contributed by atoms with van der Waals surface area (Å²) in [5.74, 6) is -2.82. The van der Waals surface area contributed by atoms with Gasteiger partial charge in [0.1, 0.15) is 17.3 Å². The van der Waals surface area contributed by atoms with Crippen molar-refractivity contribution < 1.29 is 23.8 Å². The number of carboxylic acid groups (broad SMARTS) is 1. The van der Waals surface area contributed by atoms with Crippen molar-refractivity contribution in [2.24, 2.45) is 0 Å². The van der Waals surface area contributed by atoms with Gasteiger partial charge in [-0.3, -0.25) is 4.79 Å². The van der Waals surface area contributed by atoms with Crippen LogP contribution < -0.4 is 5.32 Å². The van der Waals surface area contributed by atoms with Crippen LogP contribution in [0.2, 0.25) is 0 Å². The van der Waals surface area contributed by atoms with Gasteiger partial charge in [-0.1, -0.05) is 15.9 Å². The van der Waals surface area contributed by atoms with Crippen molar-refractivity contribution in [1.29, 1.82) is 0 Å². The van der Waals surface area contributed by atoms with Gasteiger partial charge >= 0.3 is 5.97 Å². The number of hydrogen-bond acceptors (Lipinski definition) is 3. The fourth-order valence-electron chi connectivity index (χ4n) is 1.20. The Labute approximate surface area is 104 Å². The second kappa shape index (κ2) is 5.92. The highest BCUT2D eigenvalue weighted by atomic mass is 79.9. The molecule has 0 amide bonds. The molecule has 3 N–H and O–H groups in total. The number of benzene rings is 1. The summed E-state index contributed by atoms with van der Waals surface area (Å²) in [6.07, 6.45) is -1.71. The molecule has 0 saturated carbocycles. The molecule has 0 radical (unpaired) electrons. The van der Waals surface area contributed by atoms with E-state index >= 15 is 0 Å². The first-order chi connectivity index (χ1) is 7.90. The van der Waals surface area contributed by atoms with E-state index in [4.69, 9.17) is 5.11 Å². The molecular weight excluding hydrogens is 300 g/mol. The lowest BCUT2D eigenvalue weighted by atomic mass is 10.2. The zero-order chi connectivity index (χ0) is 13.0. The Balaban J connectivity index is 2.66. The number of nitrogens with one attached hydrogen (secondary N) is 1. The molecule has 0 bridgehead atoms. The van der Waals surface area contributed by atoms with Gasteiger partial charge in [0.15, 0.2) is 0 Å². The summed E-state index contributed by atoms with van der Waals surface area (Å²) >= 11 is 2.92. The van der Waals surface area contributed by atoms with Crippen molar-refractivity contribution in [2.45, 2.75) is 12.5 Å². The SMILES string of the molecule is O=C(O)CC(O)CNc1c(F)cc(Br)cc1F. The molecule has 4 nitrogen and oxygen atoms in total. The number of hydrogen-bond donors (Lipinski definition) is 3. The smallest absolute Gasteiger partial charge is 0.306 e. The minimum atomic E-state index is -1.21. The minimum absolute atomic E-state index is 0.248. The standard InChI is InChI=1S/C10H10BrF2NO3/c11-5-1-7(12)10(8(13)2-5)14-4-6(15)3-9(16)17/h1-2,6,14-15H,3-4H2,(H,16,17). The van der Waals surface area contributed by atoms with E-state index in [1.54, 1.807) is 0 Å². The Morgan fingerprint density at radius 3 is 2.41 bits per heavy atom. The molecule has 0 aliphatic rings. The third-order valence-corrected chi connectivity index (χ3v) is 2.39. The normalized spacial score (nSPS) is 12.2. The average Bonchev–Trinajstić information content (AvgIpc) is 2.14. The monoisotopic (exact) mass is 309 g/mol. The number of aliphatic hydroxyl groups excluding tert-OH is 1. The maximum atomic E-state index is 13.3. The molecule has 0 aliphatic carbocycles. The predicted molar refractivity (Wildman–Crippen MR) is 60.8 cm³/mol. The molecular formula is C10H10BrF2NO3. The van der Waals surface area contributed by atoms with Crippen molar-refractivity contribution >= 4 is 27.6 Å². The largest absolute Gasteiger partial charge is 0.481 e. The molecule has 0 aromatic heterocycles. The van der Waals surface area contributed by atoms with Crippen LogP contribution in [0, 0.1) is 11.6 Å². The molecule has 1 aromatic carbocycles. The van der Waals surface area contributed by atoms with Crippen LogP contribution in [0.3, 0.4) is 0 Å². The first-order valence-corrected chi connectivity index (χ1v) is 5.47. The third-order valence-electron chi connectivity index (χ3n) is 1.93. The van der Waals surface area contributed by atoms with Gasteiger partial charge in [0, 0.05) is 11.0 Å². The topological polar surface area (TPSA) is 69.6 Å². The fourth-order valence-corrected chi connectivity index (χ4v) is 1.61. The highest BCUT2D eigenvalue weighted by Gasteiger charge is 2.13. The van der Waals surface area contributed by atoms with Crippen molar-refractivity contribution in [1.82, 2.24) is 0 Å². The van der Waals surface area contributed by atoms with Gasteiger partial charge < -0.3 is 15.5 Å². The molecule has 17 heavy (non-hydrogen) atoms. The maximum Gasteiger partial charge on any atom is 0.306 e. The highest BCUT2D eigenvalue weighted by Crippen LogP contribution is 2.23. The number of rotatable bonds is 5. The lowest BCUT2D eigenvalue weighted by Crippen LogP contribution is -2.23. The third kappa shape index (κ3) is 4.27. The second-order valence-corrected chi connectivity index (χ2v) is 4.29. The van der Waals surface area contributed by atoms with E-state index in [0.29, 0.717) is 0 Å². The lowest BCUT2D eigenvalue weighted by Gasteiger charge is -2.12. The van der Waals surface area contributed by atoms with Crippen LogP contribution in [0.25, 0.3) is 0 Å². The number of anilines is 1. The van der Waals surface area contributed by atoms with E-state index in [9.17, 15) is 18.7 Å². The van der Waals surface area contributed by atoms with Gasteiger partial charge in [0.05, 0.1) is 12.5 Å². The molecule has 0 saturated heterocycles. The summed E-state index contributed by atoms with van der Waals surface area (Å²) in [7, 11) is 0. The molecule has 0 aliphatic heterocycles. The Morgan fingerprint density at radius 1 is 1.41 bits per heavy atom. The molecule has 1 aromatic rings. The predicted octanol–water partition coefficient (Wildman–Crippen LogP) is 1.97. The van der Waals surface area contributed by atoms with Crippen molar-refractivity contribution in [3.63, 3.8) is 0 Å². The van der Waals surface area contributed by atoms with Crippen molar-refractivity contribution in [2.75, 3.05) is 11.9 Å². The maximum absolute atomic E-state index is 13.3. The van der Waals surface area contributed by atoms with Gasteiger partial charge in [0.25, 0.3) is 0 Å². The number of aliphatic hydroxyl groups is 1. The Morgan fingerprint density at radius 2 is 1.94 bits per heavy atom. The number of carboxylic acids is 1. The molecule has 0 spiro atoms. The van der Waals surface area contributed by atoms with Gasteiger partial charge in [-0.15, -0.1) is 0 Å². The molecule has 1 atom stereocenters. The Kier molecular flexibility index (Phi) is 4.83. The van der Waals surface area contributed by atoms with Crippen LogP contribution in [0.4, 0.5) is 14.5 Å². The van der Waals surface area contributed by atoms with E-state index < -0.39 is 35.8 Å². The quantitative estimate of drug-likeness (QED) is 0.778.